The largest absolute Gasteiger partial charge is 0.497 e. The van der Waals surface area contributed by atoms with E-state index in [1.807, 2.05) is 0 Å². The van der Waals surface area contributed by atoms with Crippen molar-refractivity contribution in [1.82, 2.24) is 5.48 Å². The number of sulfonamides is 1. The topological polar surface area (TPSA) is 133 Å². The highest BCUT2D eigenvalue weighted by atomic mass is 32.2. The minimum Gasteiger partial charge on any atom is -0.497 e. The van der Waals surface area contributed by atoms with Crippen LogP contribution in [0.25, 0.3) is 0 Å². The summed E-state index contributed by atoms with van der Waals surface area (Å²) >= 11 is 0. The Morgan fingerprint density at radius 3 is 2.32 bits per heavy atom. The molecule has 0 atom stereocenters. The number of methoxy groups -OCH3 is 1. The van der Waals surface area contributed by atoms with Gasteiger partial charge >= 0.3 is 5.97 Å². The van der Waals surface area contributed by atoms with Crippen LogP contribution in [0.2, 0.25) is 0 Å². The first kappa shape index (κ1) is 24.2. The molecule has 0 unspecified atom stereocenters. The van der Waals surface area contributed by atoms with Crippen molar-refractivity contribution in [3.05, 3.63) is 53.6 Å². The molecule has 2 aromatic carbocycles. The molecule has 0 heterocycles. The van der Waals surface area contributed by atoms with Gasteiger partial charge in [0.15, 0.2) is 0 Å². The Hall–Kier alpha value is -3.11. The fourth-order valence-electron chi connectivity index (χ4n) is 3.17. The number of carbonyl (C=O) groups excluding carboxylic acids is 1. The molecule has 0 bridgehead atoms. The van der Waals surface area contributed by atoms with Crippen molar-refractivity contribution >= 4 is 27.6 Å². The molecule has 0 spiro atoms. The third-order valence-electron chi connectivity index (χ3n) is 4.73. The van der Waals surface area contributed by atoms with Gasteiger partial charge in [0.25, 0.3) is 15.9 Å². The highest BCUT2D eigenvalue weighted by Gasteiger charge is 2.29. The fourth-order valence-corrected chi connectivity index (χ4v) is 4.76. The van der Waals surface area contributed by atoms with Crippen LogP contribution in [0.5, 0.6) is 5.75 Å². The van der Waals surface area contributed by atoms with Gasteiger partial charge in [0.2, 0.25) is 0 Å². The molecule has 31 heavy (non-hydrogen) atoms. The minimum absolute atomic E-state index is 0.00474. The van der Waals surface area contributed by atoms with Crippen LogP contribution in [0, 0.1) is 6.92 Å². The number of carboxylic acids is 1. The summed E-state index contributed by atoms with van der Waals surface area (Å²) < 4.78 is 33.3. The Labute approximate surface area is 181 Å². The number of carbonyl (C=O) groups is 2. The second-order valence-corrected chi connectivity index (χ2v) is 8.73. The van der Waals surface area contributed by atoms with Gasteiger partial charge in [0.05, 0.1) is 23.3 Å². The summed E-state index contributed by atoms with van der Waals surface area (Å²) in [6, 6.07) is 10.6. The molecular weight excluding hydrogens is 424 g/mol. The van der Waals surface area contributed by atoms with Gasteiger partial charge in [-0.05, 0) is 55.7 Å². The van der Waals surface area contributed by atoms with E-state index in [2.05, 4.69) is 0 Å². The van der Waals surface area contributed by atoms with E-state index in [0.29, 0.717) is 30.6 Å². The number of para-hydroxylation sites is 1. The zero-order valence-corrected chi connectivity index (χ0v) is 18.2. The van der Waals surface area contributed by atoms with Gasteiger partial charge in [-0.3, -0.25) is 19.1 Å². The lowest BCUT2D eigenvalue weighted by atomic mass is 10.1. The first-order valence-corrected chi connectivity index (χ1v) is 11.1. The van der Waals surface area contributed by atoms with Gasteiger partial charge < -0.3 is 9.84 Å². The van der Waals surface area contributed by atoms with Crippen LogP contribution in [0.3, 0.4) is 0 Å². The quantitative estimate of drug-likeness (QED) is 0.272. The average Bonchev–Trinajstić information content (AvgIpc) is 2.75. The van der Waals surface area contributed by atoms with Crippen molar-refractivity contribution in [3.8, 4) is 5.75 Å². The van der Waals surface area contributed by atoms with Crippen LogP contribution in [0.1, 0.15) is 41.6 Å². The number of benzene rings is 2. The lowest BCUT2D eigenvalue weighted by Crippen LogP contribution is -2.35. The zero-order chi connectivity index (χ0) is 23.0. The number of ether oxygens (including phenoxy) is 1. The molecule has 0 aliphatic rings. The van der Waals surface area contributed by atoms with Crippen LogP contribution < -0.4 is 14.5 Å². The Kier molecular flexibility index (Phi) is 8.40. The van der Waals surface area contributed by atoms with Gasteiger partial charge in [-0.25, -0.2) is 13.9 Å². The van der Waals surface area contributed by atoms with E-state index >= 15 is 0 Å². The first-order chi connectivity index (χ1) is 14.7. The molecule has 0 aromatic heterocycles. The molecule has 2 rings (SSSR count). The number of nitrogens with one attached hydrogen (secondary N) is 1. The van der Waals surface area contributed by atoms with Crippen LogP contribution in [-0.2, 0) is 14.8 Å². The third kappa shape index (κ3) is 5.96. The Balaban J connectivity index is 2.48. The highest BCUT2D eigenvalue weighted by Crippen LogP contribution is 2.31. The molecule has 0 radical (unpaired) electrons. The first-order valence-electron chi connectivity index (χ1n) is 9.65. The molecule has 10 heteroatoms. The number of carboxylic acid groups (broad SMARTS) is 1. The lowest BCUT2D eigenvalue weighted by Gasteiger charge is -2.28. The summed E-state index contributed by atoms with van der Waals surface area (Å²) in [5, 5.41) is 17.9. The van der Waals surface area contributed by atoms with E-state index in [1.54, 1.807) is 24.5 Å². The maximum Gasteiger partial charge on any atom is 0.303 e. The van der Waals surface area contributed by atoms with Crippen molar-refractivity contribution < 1.29 is 33.1 Å². The summed E-state index contributed by atoms with van der Waals surface area (Å²) in [4.78, 5) is 23.0. The molecule has 0 aliphatic heterocycles. The van der Waals surface area contributed by atoms with Crippen LogP contribution in [0.4, 0.5) is 5.69 Å². The van der Waals surface area contributed by atoms with E-state index in [1.165, 1.54) is 37.4 Å². The number of hydroxylamine groups is 1. The van der Waals surface area contributed by atoms with Crippen molar-refractivity contribution in [3.63, 3.8) is 0 Å². The molecule has 0 saturated carbocycles. The standard InChI is InChI=1S/C21H26N2O7S/c1-15-7-6-8-18(21(26)22-27)20(15)23(14-5-3-4-9-19(24)25)31(28,29)17-12-10-16(30-2)11-13-17/h6-8,10-13,27H,3-5,9,14H2,1-2H3,(H,22,26)(H,24,25). The van der Waals surface area contributed by atoms with Crippen molar-refractivity contribution in [2.45, 2.75) is 37.5 Å². The predicted molar refractivity (Wildman–Crippen MR) is 114 cm³/mol. The SMILES string of the molecule is COc1ccc(S(=O)(=O)N(CCCCCC(=O)O)c2c(C)cccc2C(=O)NO)cc1. The minimum atomic E-state index is -4.07. The maximum absolute atomic E-state index is 13.5. The number of aliphatic carboxylic acids is 1. The number of rotatable bonds is 11. The van der Waals surface area contributed by atoms with Crippen molar-refractivity contribution in [2.24, 2.45) is 0 Å². The van der Waals surface area contributed by atoms with E-state index in [-0.39, 0.29) is 29.1 Å². The molecule has 9 nitrogen and oxygen atoms in total. The van der Waals surface area contributed by atoms with E-state index in [9.17, 15) is 18.0 Å². The smallest absolute Gasteiger partial charge is 0.303 e. The summed E-state index contributed by atoms with van der Waals surface area (Å²) in [6.45, 7) is 1.70. The number of nitrogens with zero attached hydrogens (tertiary/aromatic N) is 1. The van der Waals surface area contributed by atoms with Gasteiger partial charge in [-0.2, -0.15) is 0 Å². The zero-order valence-electron chi connectivity index (χ0n) is 17.4. The maximum atomic E-state index is 13.5. The predicted octanol–water partition coefficient (Wildman–Crippen LogP) is 2.96. The second kappa shape index (κ2) is 10.8. The average molecular weight is 451 g/mol. The van der Waals surface area contributed by atoms with E-state index in [0.717, 1.165) is 4.31 Å². The molecule has 3 N–H and O–H groups in total. The number of hydrogen-bond donors (Lipinski definition) is 3. The Bertz CT molecular complexity index is 1020. The third-order valence-corrected chi connectivity index (χ3v) is 6.55. The summed E-state index contributed by atoms with van der Waals surface area (Å²) in [5.41, 5.74) is 2.25. The number of anilines is 1. The molecule has 2 aromatic rings. The van der Waals surface area contributed by atoms with Gasteiger partial charge in [0.1, 0.15) is 5.75 Å². The fraction of sp³-hybridized carbons (Fsp3) is 0.333. The summed E-state index contributed by atoms with van der Waals surface area (Å²) in [5.74, 6) is -1.25. The summed E-state index contributed by atoms with van der Waals surface area (Å²) in [6.07, 6.45) is 1.28. The lowest BCUT2D eigenvalue weighted by molar-refractivity contribution is -0.137. The number of unbranched alkanes of at least 4 members (excludes halogenated alkanes) is 2. The monoisotopic (exact) mass is 450 g/mol. The van der Waals surface area contributed by atoms with E-state index in [4.69, 9.17) is 15.1 Å². The normalized spacial score (nSPS) is 11.1. The molecule has 0 aliphatic carbocycles. The van der Waals surface area contributed by atoms with Gasteiger partial charge in [-0.15, -0.1) is 0 Å². The Morgan fingerprint density at radius 2 is 1.74 bits per heavy atom. The summed E-state index contributed by atoms with van der Waals surface area (Å²) in [7, 11) is -2.60. The molecule has 0 fully saturated rings. The molecule has 1 amide bonds. The Morgan fingerprint density at radius 1 is 1.06 bits per heavy atom. The molecule has 0 saturated heterocycles. The second-order valence-electron chi connectivity index (χ2n) is 6.87. The van der Waals surface area contributed by atoms with Crippen LogP contribution >= 0.6 is 0 Å². The van der Waals surface area contributed by atoms with Crippen molar-refractivity contribution in [2.75, 3.05) is 18.0 Å². The van der Waals surface area contributed by atoms with Crippen molar-refractivity contribution in [1.29, 1.82) is 0 Å². The number of hydrogen-bond acceptors (Lipinski definition) is 6. The van der Waals surface area contributed by atoms with Crippen LogP contribution in [0.15, 0.2) is 47.4 Å². The van der Waals surface area contributed by atoms with Gasteiger partial charge in [-0.1, -0.05) is 18.6 Å². The highest BCUT2D eigenvalue weighted by molar-refractivity contribution is 7.92. The van der Waals surface area contributed by atoms with E-state index < -0.39 is 21.9 Å². The number of amides is 1. The van der Waals surface area contributed by atoms with Gasteiger partial charge in [0, 0.05) is 13.0 Å². The number of aryl methyl sites for hydroxylation is 1. The van der Waals surface area contributed by atoms with Crippen LogP contribution in [-0.4, -0.2) is 44.3 Å². The molecular formula is C21H26N2O7S. The molecule has 168 valence electrons.